The summed E-state index contributed by atoms with van der Waals surface area (Å²) in [6, 6.07) is 19.4. The lowest BCUT2D eigenvalue weighted by Crippen LogP contribution is -2.34. The molecule has 2 aromatic heterocycles. The number of halogens is 1. The minimum absolute atomic E-state index is 0.0759. The Kier molecular flexibility index (Phi) is 6.63. The van der Waals surface area contributed by atoms with Crippen molar-refractivity contribution >= 4 is 48.5 Å². The molecular weight excluding hydrogens is 474 g/mol. The zero-order chi connectivity index (χ0) is 21.8. The minimum Gasteiger partial charge on any atom is -0.484 e. The predicted molar refractivity (Wildman–Crippen MR) is 129 cm³/mol. The molecule has 0 N–H and O–H groups in total. The maximum Gasteiger partial charge on any atom is 0.267 e. The van der Waals surface area contributed by atoms with Gasteiger partial charge in [0.2, 0.25) is 0 Å². The molecule has 0 saturated carbocycles. The second-order valence-corrected chi connectivity index (χ2v) is 9.35. The first kappa shape index (κ1) is 21.5. The fourth-order valence-electron chi connectivity index (χ4n) is 3.09. The average Bonchev–Trinajstić information content (AvgIpc) is 3.19. The largest absolute Gasteiger partial charge is 0.484 e. The maximum atomic E-state index is 13.2. The van der Waals surface area contributed by atoms with E-state index in [1.54, 1.807) is 11.1 Å². The van der Waals surface area contributed by atoms with Gasteiger partial charge in [0.1, 0.15) is 5.75 Å². The van der Waals surface area contributed by atoms with Gasteiger partial charge in [-0.2, -0.15) is 0 Å². The number of amides is 1. The van der Waals surface area contributed by atoms with Gasteiger partial charge in [0.25, 0.3) is 5.91 Å². The van der Waals surface area contributed by atoms with Crippen LogP contribution in [0, 0.1) is 0 Å². The van der Waals surface area contributed by atoms with Crippen LogP contribution in [0.5, 0.6) is 5.75 Å². The molecular formula is C24H22BrN3O2S. The molecule has 0 aliphatic heterocycles. The molecule has 0 atom stereocenters. The first-order valence-electron chi connectivity index (χ1n) is 9.99. The molecule has 0 aliphatic rings. The van der Waals surface area contributed by atoms with E-state index in [0.29, 0.717) is 23.3 Å². The second kappa shape index (κ2) is 9.58. The van der Waals surface area contributed by atoms with Crippen LogP contribution < -0.4 is 9.64 Å². The van der Waals surface area contributed by atoms with Crippen molar-refractivity contribution in [2.45, 2.75) is 26.3 Å². The molecule has 2 aromatic carbocycles. The molecule has 0 fully saturated rings. The van der Waals surface area contributed by atoms with E-state index >= 15 is 0 Å². The number of benzene rings is 2. The second-order valence-electron chi connectivity index (χ2n) is 7.42. The van der Waals surface area contributed by atoms with Crippen molar-refractivity contribution in [1.29, 1.82) is 0 Å². The normalized spacial score (nSPS) is 11.1. The summed E-state index contributed by atoms with van der Waals surface area (Å²) in [7, 11) is 0. The quantitative estimate of drug-likeness (QED) is 0.306. The molecule has 4 rings (SSSR count). The van der Waals surface area contributed by atoms with E-state index in [1.165, 1.54) is 16.9 Å². The Morgan fingerprint density at radius 2 is 1.94 bits per heavy atom. The topological polar surface area (TPSA) is 55.3 Å². The lowest BCUT2D eigenvalue weighted by molar-refractivity contribution is -0.120. The Balaban J connectivity index is 1.56. The number of carbonyl (C=O) groups excluding carboxylic acids is 1. The number of carbonyl (C=O) groups is 1. The monoisotopic (exact) mass is 495 g/mol. The number of nitrogens with zero attached hydrogens (tertiary/aromatic N) is 3. The predicted octanol–water partition coefficient (Wildman–Crippen LogP) is 6.19. The van der Waals surface area contributed by atoms with Crippen LogP contribution in [0.25, 0.3) is 10.2 Å². The highest BCUT2D eigenvalue weighted by atomic mass is 79.9. The van der Waals surface area contributed by atoms with Crippen molar-refractivity contribution in [3.8, 4) is 5.75 Å². The number of hydrogen-bond donors (Lipinski definition) is 0. The van der Waals surface area contributed by atoms with Gasteiger partial charge in [-0.05, 0) is 53.9 Å². The molecule has 0 unspecified atom stereocenters. The maximum absolute atomic E-state index is 13.2. The number of fused-ring (bicyclic) bond motifs is 1. The summed E-state index contributed by atoms with van der Waals surface area (Å²) < 4.78 is 7.78. The molecule has 1 amide bonds. The van der Waals surface area contributed by atoms with Gasteiger partial charge in [-0.25, -0.2) is 4.98 Å². The van der Waals surface area contributed by atoms with Crippen LogP contribution in [-0.2, 0) is 11.3 Å². The van der Waals surface area contributed by atoms with Crippen molar-refractivity contribution in [1.82, 2.24) is 9.97 Å². The van der Waals surface area contributed by atoms with Gasteiger partial charge in [0.05, 0.1) is 22.5 Å². The summed E-state index contributed by atoms with van der Waals surface area (Å²) in [5.74, 6) is 0.948. The number of aromatic nitrogens is 2. The van der Waals surface area contributed by atoms with Crippen molar-refractivity contribution in [3.63, 3.8) is 0 Å². The fraction of sp³-hybridized carbons (Fsp3) is 0.208. The molecule has 4 aromatic rings. The van der Waals surface area contributed by atoms with E-state index in [4.69, 9.17) is 4.74 Å². The van der Waals surface area contributed by atoms with Crippen LogP contribution in [0.4, 0.5) is 5.13 Å². The number of hydrogen-bond acceptors (Lipinski definition) is 5. The molecule has 0 saturated heterocycles. The smallest absolute Gasteiger partial charge is 0.267 e. The van der Waals surface area contributed by atoms with Crippen LogP contribution >= 0.6 is 27.3 Å². The van der Waals surface area contributed by atoms with E-state index in [1.807, 2.05) is 60.7 Å². The number of rotatable bonds is 7. The van der Waals surface area contributed by atoms with E-state index < -0.39 is 0 Å². The third-order valence-electron chi connectivity index (χ3n) is 4.83. The summed E-state index contributed by atoms with van der Waals surface area (Å²) in [5.41, 5.74) is 2.88. The lowest BCUT2D eigenvalue weighted by atomic mass is 10.0. The number of ether oxygens (including phenoxy) is 1. The van der Waals surface area contributed by atoms with Gasteiger partial charge in [-0.15, -0.1) is 0 Å². The molecule has 0 bridgehead atoms. The summed E-state index contributed by atoms with van der Waals surface area (Å²) >= 11 is 4.97. The van der Waals surface area contributed by atoms with Gasteiger partial charge < -0.3 is 4.74 Å². The Morgan fingerprint density at radius 3 is 2.65 bits per heavy atom. The fourth-order valence-corrected chi connectivity index (χ4v) is 4.62. The van der Waals surface area contributed by atoms with Crippen LogP contribution in [-0.4, -0.2) is 22.5 Å². The number of anilines is 1. The van der Waals surface area contributed by atoms with Crippen molar-refractivity contribution in [2.24, 2.45) is 0 Å². The summed E-state index contributed by atoms with van der Waals surface area (Å²) in [4.78, 5) is 23.9. The molecule has 7 heteroatoms. The molecule has 158 valence electrons. The highest BCUT2D eigenvalue weighted by Crippen LogP contribution is 2.31. The molecule has 5 nitrogen and oxygen atoms in total. The molecule has 31 heavy (non-hydrogen) atoms. The molecule has 2 heterocycles. The van der Waals surface area contributed by atoms with Crippen LogP contribution in [0.1, 0.15) is 31.0 Å². The molecule has 0 aliphatic carbocycles. The Morgan fingerprint density at radius 1 is 1.13 bits per heavy atom. The summed E-state index contributed by atoms with van der Waals surface area (Å²) in [6.45, 7) is 4.54. The molecule has 0 radical (unpaired) electrons. The van der Waals surface area contributed by atoms with E-state index in [-0.39, 0.29) is 12.5 Å². The average molecular weight is 496 g/mol. The van der Waals surface area contributed by atoms with E-state index in [2.05, 4.69) is 39.7 Å². The third-order valence-corrected chi connectivity index (χ3v) is 6.36. The third kappa shape index (κ3) is 5.29. The SMILES string of the molecule is CC(C)c1ccc(OCC(=O)N(Cc2ccccn2)c2nc3ccc(Br)cc3s2)cc1. The van der Waals surface area contributed by atoms with Gasteiger partial charge in [-0.1, -0.05) is 59.3 Å². The first-order chi connectivity index (χ1) is 15.0. The zero-order valence-electron chi connectivity index (χ0n) is 17.3. The summed E-state index contributed by atoms with van der Waals surface area (Å²) in [6.07, 6.45) is 1.72. The van der Waals surface area contributed by atoms with Crippen LogP contribution in [0.15, 0.2) is 71.3 Å². The molecule has 0 spiro atoms. The lowest BCUT2D eigenvalue weighted by Gasteiger charge is -2.20. The van der Waals surface area contributed by atoms with Gasteiger partial charge in [0, 0.05) is 10.7 Å². The Hall–Kier alpha value is -2.77. The van der Waals surface area contributed by atoms with Crippen molar-refractivity contribution < 1.29 is 9.53 Å². The van der Waals surface area contributed by atoms with Gasteiger partial charge in [-0.3, -0.25) is 14.7 Å². The minimum atomic E-state index is -0.170. The highest BCUT2D eigenvalue weighted by molar-refractivity contribution is 9.10. The Labute approximate surface area is 193 Å². The Bertz CT molecular complexity index is 1180. The van der Waals surface area contributed by atoms with Crippen LogP contribution in [0.2, 0.25) is 0 Å². The van der Waals surface area contributed by atoms with Crippen LogP contribution in [0.3, 0.4) is 0 Å². The zero-order valence-corrected chi connectivity index (χ0v) is 19.7. The van der Waals surface area contributed by atoms with Crippen molar-refractivity contribution in [3.05, 3.63) is 82.6 Å². The number of pyridine rings is 1. The number of thiazole rings is 1. The van der Waals surface area contributed by atoms with Gasteiger partial charge in [0.15, 0.2) is 11.7 Å². The van der Waals surface area contributed by atoms with Crippen molar-refractivity contribution in [2.75, 3.05) is 11.5 Å². The van der Waals surface area contributed by atoms with Gasteiger partial charge >= 0.3 is 0 Å². The van der Waals surface area contributed by atoms with E-state index in [9.17, 15) is 4.79 Å². The standard InChI is InChI=1S/C24H22BrN3O2S/c1-16(2)17-6-9-20(10-7-17)30-15-23(29)28(14-19-5-3-4-12-26-19)24-27-21-11-8-18(25)13-22(21)31-24/h3-13,16H,14-15H2,1-2H3. The first-order valence-corrected chi connectivity index (χ1v) is 11.6. The summed E-state index contributed by atoms with van der Waals surface area (Å²) in [5, 5.41) is 0.627. The van der Waals surface area contributed by atoms with E-state index in [0.717, 1.165) is 20.4 Å². The highest BCUT2D eigenvalue weighted by Gasteiger charge is 2.21.